The highest BCUT2D eigenvalue weighted by Gasteiger charge is 2.18. The van der Waals surface area contributed by atoms with Crippen molar-refractivity contribution >= 4 is 0 Å². The lowest BCUT2D eigenvalue weighted by Gasteiger charge is -2.35. The zero-order valence-electron chi connectivity index (χ0n) is 10.8. The molecule has 0 aromatic heterocycles. The molecular weight excluding hydrogens is 226 g/mol. The lowest BCUT2D eigenvalue weighted by atomic mass is 10.2. The van der Waals surface area contributed by atoms with Crippen LogP contribution >= 0.6 is 0 Å². The first kappa shape index (κ1) is 13.5. The second kappa shape index (κ2) is 6.85. The molecule has 1 atom stereocenters. The lowest BCUT2D eigenvalue weighted by Crippen LogP contribution is -2.49. The quantitative estimate of drug-likeness (QED) is 0.778. The van der Waals surface area contributed by atoms with Crippen molar-refractivity contribution in [2.24, 2.45) is 5.73 Å². The molecule has 1 aliphatic heterocycles. The normalized spacial score (nSPS) is 19.9. The Morgan fingerprint density at radius 1 is 1.06 bits per heavy atom. The number of aliphatic hydroxyl groups excluding tert-OH is 1. The third-order valence-corrected chi connectivity index (χ3v) is 3.45. The van der Waals surface area contributed by atoms with E-state index in [1.807, 2.05) is 0 Å². The summed E-state index contributed by atoms with van der Waals surface area (Å²) in [4.78, 5) is 4.75. The van der Waals surface area contributed by atoms with Crippen LogP contribution in [-0.2, 0) is 6.54 Å². The maximum Gasteiger partial charge on any atom is 0.0789 e. The zero-order chi connectivity index (χ0) is 12.8. The summed E-state index contributed by atoms with van der Waals surface area (Å²) in [5, 5.41) is 9.53. The second-order valence-electron chi connectivity index (χ2n) is 4.95. The summed E-state index contributed by atoms with van der Waals surface area (Å²) in [6, 6.07) is 10.6. The number of hydrogen-bond donors (Lipinski definition) is 2. The van der Waals surface area contributed by atoms with Crippen molar-refractivity contribution in [3.05, 3.63) is 35.9 Å². The average molecular weight is 249 g/mol. The van der Waals surface area contributed by atoms with Crippen LogP contribution in [-0.4, -0.2) is 60.3 Å². The number of benzene rings is 1. The van der Waals surface area contributed by atoms with Gasteiger partial charge in [-0.2, -0.15) is 0 Å². The van der Waals surface area contributed by atoms with Gasteiger partial charge in [0.15, 0.2) is 0 Å². The zero-order valence-corrected chi connectivity index (χ0v) is 10.8. The van der Waals surface area contributed by atoms with Gasteiger partial charge in [-0.15, -0.1) is 0 Å². The van der Waals surface area contributed by atoms with Crippen LogP contribution in [0.2, 0.25) is 0 Å². The molecule has 4 nitrogen and oxygen atoms in total. The number of piperazine rings is 1. The highest BCUT2D eigenvalue weighted by molar-refractivity contribution is 5.14. The molecule has 0 amide bonds. The first-order chi connectivity index (χ1) is 8.78. The van der Waals surface area contributed by atoms with Crippen LogP contribution in [0.15, 0.2) is 30.3 Å². The molecular formula is C14H23N3O. The van der Waals surface area contributed by atoms with Crippen LogP contribution in [0.25, 0.3) is 0 Å². The Kier molecular flexibility index (Phi) is 5.13. The fraction of sp³-hybridized carbons (Fsp3) is 0.571. The lowest BCUT2D eigenvalue weighted by molar-refractivity contribution is 0.0739. The number of aliphatic hydroxyl groups is 1. The van der Waals surface area contributed by atoms with E-state index < -0.39 is 0 Å². The summed E-state index contributed by atoms with van der Waals surface area (Å²) in [6.45, 7) is 6.24. The van der Waals surface area contributed by atoms with E-state index in [0.29, 0.717) is 13.1 Å². The number of β-amino-alcohol motifs (C(OH)–C–C–N with tert-alkyl or cyclic N) is 1. The number of nitrogens with two attached hydrogens (primary N) is 1. The highest BCUT2D eigenvalue weighted by Crippen LogP contribution is 2.08. The molecule has 1 aromatic rings. The summed E-state index contributed by atoms with van der Waals surface area (Å²) in [5.41, 5.74) is 6.80. The minimum atomic E-state index is -0.384. The Labute approximate surface area is 109 Å². The Bertz CT molecular complexity index is 336. The minimum absolute atomic E-state index is 0.351. The number of hydrogen-bond acceptors (Lipinski definition) is 4. The van der Waals surface area contributed by atoms with Gasteiger partial charge in [-0.05, 0) is 5.56 Å². The van der Waals surface area contributed by atoms with Gasteiger partial charge in [0.25, 0.3) is 0 Å². The number of rotatable bonds is 5. The van der Waals surface area contributed by atoms with Gasteiger partial charge in [0, 0.05) is 45.8 Å². The van der Waals surface area contributed by atoms with E-state index in [9.17, 15) is 5.11 Å². The predicted molar refractivity (Wildman–Crippen MR) is 73.2 cm³/mol. The van der Waals surface area contributed by atoms with Crippen molar-refractivity contribution in [1.29, 1.82) is 0 Å². The van der Waals surface area contributed by atoms with Gasteiger partial charge >= 0.3 is 0 Å². The maximum absolute atomic E-state index is 9.53. The predicted octanol–water partition coefficient (Wildman–Crippen LogP) is 0.124. The largest absolute Gasteiger partial charge is 0.390 e. The Morgan fingerprint density at radius 2 is 1.67 bits per heavy atom. The highest BCUT2D eigenvalue weighted by atomic mass is 16.3. The second-order valence-corrected chi connectivity index (χ2v) is 4.95. The average Bonchev–Trinajstić information content (AvgIpc) is 2.42. The first-order valence-corrected chi connectivity index (χ1v) is 6.64. The molecule has 1 saturated heterocycles. The van der Waals surface area contributed by atoms with E-state index in [0.717, 1.165) is 32.7 Å². The number of nitrogens with zero attached hydrogens (tertiary/aromatic N) is 2. The molecule has 18 heavy (non-hydrogen) atoms. The van der Waals surface area contributed by atoms with Crippen LogP contribution in [0.4, 0.5) is 0 Å². The summed E-state index contributed by atoms with van der Waals surface area (Å²) < 4.78 is 0. The van der Waals surface area contributed by atoms with Crippen molar-refractivity contribution in [3.8, 4) is 0 Å². The van der Waals surface area contributed by atoms with Crippen molar-refractivity contribution in [2.45, 2.75) is 12.6 Å². The Hall–Kier alpha value is -0.940. The molecule has 100 valence electrons. The van der Waals surface area contributed by atoms with E-state index in [4.69, 9.17) is 5.73 Å². The smallest absolute Gasteiger partial charge is 0.0789 e. The van der Waals surface area contributed by atoms with Gasteiger partial charge in [0.1, 0.15) is 0 Å². The molecule has 0 saturated carbocycles. The van der Waals surface area contributed by atoms with Crippen LogP contribution in [0.3, 0.4) is 0 Å². The first-order valence-electron chi connectivity index (χ1n) is 6.64. The molecule has 0 bridgehead atoms. The maximum atomic E-state index is 9.53. The molecule has 1 aliphatic rings. The Balaban J connectivity index is 1.73. The van der Waals surface area contributed by atoms with Gasteiger partial charge < -0.3 is 10.8 Å². The summed E-state index contributed by atoms with van der Waals surface area (Å²) in [7, 11) is 0. The molecule has 0 radical (unpaired) electrons. The van der Waals surface area contributed by atoms with Gasteiger partial charge in [0.05, 0.1) is 6.10 Å². The van der Waals surface area contributed by atoms with Gasteiger partial charge in [-0.25, -0.2) is 0 Å². The van der Waals surface area contributed by atoms with Gasteiger partial charge in [-0.1, -0.05) is 30.3 Å². The molecule has 1 aromatic carbocycles. The molecule has 1 fully saturated rings. The van der Waals surface area contributed by atoms with Crippen molar-refractivity contribution in [1.82, 2.24) is 9.80 Å². The monoisotopic (exact) mass is 249 g/mol. The molecule has 4 heteroatoms. The Morgan fingerprint density at radius 3 is 2.28 bits per heavy atom. The van der Waals surface area contributed by atoms with Crippen LogP contribution in [0, 0.1) is 0 Å². The fourth-order valence-corrected chi connectivity index (χ4v) is 2.34. The topological polar surface area (TPSA) is 52.7 Å². The molecule has 0 aliphatic carbocycles. The summed E-state index contributed by atoms with van der Waals surface area (Å²) >= 11 is 0. The van der Waals surface area contributed by atoms with Gasteiger partial charge in [0.2, 0.25) is 0 Å². The summed E-state index contributed by atoms with van der Waals surface area (Å²) in [6.07, 6.45) is -0.384. The SMILES string of the molecule is NCC(O)CN1CCN(Cc2ccccc2)CC1. The standard InChI is InChI=1S/C14H23N3O/c15-10-14(18)12-17-8-6-16(7-9-17)11-13-4-2-1-3-5-13/h1-5,14,18H,6-12,15H2. The van der Waals surface area contributed by atoms with E-state index in [1.54, 1.807) is 0 Å². The molecule has 0 spiro atoms. The van der Waals surface area contributed by atoms with Crippen molar-refractivity contribution < 1.29 is 5.11 Å². The molecule has 1 heterocycles. The van der Waals surface area contributed by atoms with E-state index >= 15 is 0 Å². The summed E-state index contributed by atoms with van der Waals surface area (Å²) in [5.74, 6) is 0. The fourth-order valence-electron chi connectivity index (χ4n) is 2.34. The molecule has 1 unspecified atom stereocenters. The van der Waals surface area contributed by atoms with Gasteiger partial charge in [-0.3, -0.25) is 9.80 Å². The van der Waals surface area contributed by atoms with Crippen LogP contribution in [0.1, 0.15) is 5.56 Å². The van der Waals surface area contributed by atoms with Crippen LogP contribution < -0.4 is 5.73 Å². The minimum Gasteiger partial charge on any atom is -0.390 e. The third kappa shape index (κ3) is 4.07. The van der Waals surface area contributed by atoms with E-state index in [-0.39, 0.29) is 6.10 Å². The molecule has 3 N–H and O–H groups in total. The third-order valence-electron chi connectivity index (χ3n) is 3.45. The molecule has 2 rings (SSSR count). The van der Waals surface area contributed by atoms with Crippen molar-refractivity contribution in [2.75, 3.05) is 39.3 Å². The van der Waals surface area contributed by atoms with E-state index in [2.05, 4.69) is 40.1 Å². The van der Waals surface area contributed by atoms with Crippen LogP contribution in [0.5, 0.6) is 0 Å². The van der Waals surface area contributed by atoms with Crippen molar-refractivity contribution in [3.63, 3.8) is 0 Å². The van der Waals surface area contributed by atoms with E-state index in [1.165, 1.54) is 5.56 Å².